The largest absolute Gasteiger partial charge is 0.385 e. The van der Waals surface area contributed by atoms with E-state index in [2.05, 4.69) is 46.8 Å². The summed E-state index contributed by atoms with van der Waals surface area (Å²) in [5, 5.41) is 6.67. The lowest BCUT2D eigenvalue weighted by Gasteiger charge is -2.11. The number of benzene rings is 1. The van der Waals surface area contributed by atoms with Crippen molar-refractivity contribution in [2.75, 3.05) is 33.4 Å². The minimum atomic E-state index is 0.846. The molecule has 0 aliphatic carbocycles. The van der Waals surface area contributed by atoms with Gasteiger partial charge in [0.1, 0.15) is 0 Å². The molecule has 118 valence electrons. The zero-order valence-electron chi connectivity index (χ0n) is 13.4. The zero-order valence-corrected chi connectivity index (χ0v) is 13.4. The quantitative estimate of drug-likeness (QED) is 0.396. The van der Waals surface area contributed by atoms with Gasteiger partial charge in [-0.2, -0.15) is 0 Å². The van der Waals surface area contributed by atoms with Crippen LogP contribution in [0, 0.1) is 0 Å². The van der Waals surface area contributed by atoms with Gasteiger partial charge in [-0.25, -0.2) is 0 Å². The van der Waals surface area contributed by atoms with Gasteiger partial charge in [0.15, 0.2) is 5.96 Å². The lowest BCUT2D eigenvalue weighted by Crippen LogP contribution is -2.38. The summed E-state index contributed by atoms with van der Waals surface area (Å²) in [6.45, 7) is 5.59. The number of hydrogen-bond acceptors (Lipinski definition) is 2. The van der Waals surface area contributed by atoms with Crippen LogP contribution >= 0.6 is 0 Å². The standard InChI is InChI=1S/C17H29N3O/c1-3-18-17(19-13-8-5-9-15-21-2)20-14-12-16-10-6-4-7-11-16/h4,6-7,10-11H,3,5,8-9,12-15H2,1-2H3,(H2,18,19,20). The number of unbranched alkanes of at least 4 members (excludes halogenated alkanes) is 2. The molecule has 0 saturated carbocycles. The Hall–Kier alpha value is -1.55. The molecule has 0 heterocycles. The first-order chi connectivity index (χ1) is 10.4. The molecule has 0 atom stereocenters. The average Bonchev–Trinajstić information content (AvgIpc) is 2.51. The second-order valence-electron chi connectivity index (χ2n) is 4.98. The van der Waals surface area contributed by atoms with E-state index >= 15 is 0 Å². The van der Waals surface area contributed by atoms with E-state index in [4.69, 9.17) is 4.74 Å². The van der Waals surface area contributed by atoms with E-state index in [-0.39, 0.29) is 0 Å². The van der Waals surface area contributed by atoms with Crippen LogP contribution in [0.2, 0.25) is 0 Å². The van der Waals surface area contributed by atoms with Crippen molar-refractivity contribution in [3.63, 3.8) is 0 Å². The summed E-state index contributed by atoms with van der Waals surface area (Å²) >= 11 is 0. The number of hydrogen-bond donors (Lipinski definition) is 2. The van der Waals surface area contributed by atoms with Gasteiger partial charge in [-0.3, -0.25) is 4.99 Å². The van der Waals surface area contributed by atoms with Crippen LogP contribution in [0.5, 0.6) is 0 Å². The number of methoxy groups -OCH3 is 1. The lowest BCUT2D eigenvalue weighted by molar-refractivity contribution is 0.192. The third kappa shape index (κ3) is 9.08. The Balaban J connectivity index is 2.22. The molecule has 0 aliphatic rings. The van der Waals surface area contributed by atoms with E-state index in [0.29, 0.717) is 0 Å². The van der Waals surface area contributed by atoms with Crippen LogP contribution in [-0.2, 0) is 11.2 Å². The molecule has 1 aromatic rings. The van der Waals surface area contributed by atoms with Crippen LogP contribution < -0.4 is 10.6 Å². The number of nitrogens with one attached hydrogen (secondary N) is 2. The molecule has 2 N–H and O–H groups in total. The smallest absolute Gasteiger partial charge is 0.191 e. The highest BCUT2D eigenvalue weighted by atomic mass is 16.5. The van der Waals surface area contributed by atoms with Crippen LogP contribution in [0.3, 0.4) is 0 Å². The molecule has 0 aliphatic heterocycles. The number of nitrogens with zero attached hydrogens (tertiary/aromatic N) is 1. The first kappa shape index (κ1) is 17.5. The Bertz CT molecular complexity index is 379. The number of ether oxygens (including phenoxy) is 1. The Morgan fingerprint density at radius 3 is 2.62 bits per heavy atom. The van der Waals surface area contributed by atoms with E-state index in [9.17, 15) is 0 Å². The van der Waals surface area contributed by atoms with Crippen LogP contribution in [0.1, 0.15) is 31.7 Å². The van der Waals surface area contributed by atoms with Crippen molar-refractivity contribution in [2.45, 2.75) is 32.6 Å². The summed E-state index contributed by atoms with van der Waals surface area (Å²) < 4.78 is 5.04. The third-order valence-electron chi connectivity index (χ3n) is 3.17. The van der Waals surface area contributed by atoms with Crippen molar-refractivity contribution in [1.29, 1.82) is 0 Å². The fraction of sp³-hybridized carbons (Fsp3) is 0.588. The van der Waals surface area contributed by atoms with E-state index in [1.807, 2.05) is 6.07 Å². The molecular formula is C17H29N3O. The summed E-state index contributed by atoms with van der Waals surface area (Å²) in [7, 11) is 1.75. The fourth-order valence-corrected chi connectivity index (χ4v) is 2.04. The number of aliphatic imine (C=N–C) groups is 1. The first-order valence-electron chi connectivity index (χ1n) is 7.92. The summed E-state index contributed by atoms with van der Waals surface area (Å²) in [6.07, 6.45) is 4.41. The van der Waals surface area contributed by atoms with Crippen molar-refractivity contribution < 1.29 is 4.74 Å². The molecule has 1 rings (SSSR count). The fourth-order valence-electron chi connectivity index (χ4n) is 2.04. The van der Waals surface area contributed by atoms with E-state index in [1.165, 1.54) is 12.0 Å². The molecule has 21 heavy (non-hydrogen) atoms. The molecule has 0 bridgehead atoms. The Kier molecular flexibility index (Phi) is 10.2. The van der Waals surface area contributed by atoms with Gasteiger partial charge in [0.25, 0.3) is 0 Å². The predicted octanol–water partition coefficient (Wildman–Crippen LogP) is 2.60. The molecular weight excluding hydrogens is 262 g/mol. The van der Waals surface area contributed by atoms with Gasteiger partial charge in [0.05, 0.1) is 0 Å². The van der Waals surface area contributed by atoms with Gasteiger partial charge < -0.3 is 15.4 Å². The molecule has 0 saturated heterocycles. The maximum absolute atomic E-state index is 5.04. The molecule has 0 radical (unpaired) electrons. The molecule has 1 aromatic carbocycles. The highest BCUT2D eigenvalue weighted by Crippen LogP contribution is 1.98. The molecule has 4 heteroatoms. The SMILES string of the molecule is CCNC(=NCCCCCOC)NCCc1ccccc1. The maximum Gasteiger partial charge on any atom is 0.191 e. The second-order valence-corrected chi connectivity index (χ2v) is 4.98. The predicted molar refractivity (Wildman–Crippen MR) is 89.9 cm³/mol. The Morgan fingerprint density at radius 1 is 1.10 bits per heavy atom. The number of guanidine groups is 1. The van der Waals surface area contributed by atoms with Crippen LogP contribution in [-0.4, -0.2) is 39.3 Å². The Morgan fingerprint density at radius 2 is 1.90 bits per heavy atom. The Labute approximate surface area is 129 Å². The van der Waals surface area contributed by atoms with Gasteiger partial charge in [0.2, 0.25) is 0 Å². The van der Waals surface area contributed by atoms with E-state index in [1.54, 1.807) is 7.11 Å². The number of rotatable bonds is 10. The third-order valence-corrected chi connectivity index (χ3v) is 3.17. The summed E-state index contributed by atoms with van der Waals surface area (Å²) in [5.74, 6) is 0.917. The van der Waals surface area contributed by atoms with E-state index in [0.717, 1.165) is 51.5 Å². The zero-order chi connectivity index (χ0) is 15.2. The lowest BCUT2D eigenvalue weighted by atomic mass is 10.1. The summed E-state index contributed by atoms with van der Waals surface area (Å²) in [5.41, 5.74) is 1.35. The molecule has 0 amide bonds. The summed E-state index contributed by atoms with van der Waals surface area (Å²) in [6, 6.07) is 10.5. The van der Waals surface area contributed by atoms with Crippen molar-refractivity contribution in [1.82, 2.24) is 10.6 Å². The molecule has 0 aromatic heterocycles. The molecule has 0 unspecified atom stereocenters. The topological polar surface area (TPSA) is 45.7 Å². The minimum absolute atomic E-state index is 0.846. The maximum atomic E-state index is 5.04. The van der Waals surface area contributed by atoms with Crippen LogP contribution in [0.25, 0.3) is 0 Å². The second kappa shape index (κ2) is 12.2. The highest BCUT2D eigenvalue weighted by Gasteiger charge is 1.97. The monoisotopic (exact) mass is 291 g/mol. The van der Waals surface area contributed by atoms with Crippen LogP contribution in [0.15, 0.2) is 35.3 Å². The van der Waals surface area contributed by atoms with Crippen molar-refractivity contribution in [3.05, 3.63) is 35.9 Å². The normalized spacial score (nSPS) is 11.4. The van der Waals surface area contributed by atoms with Gasteiger partial charge in [-0.1, -0.05) is 30.3 Å². The van der Waals surface area contributed by atoms with Gasteiger partial charge in [-0.15, -0.1) is 0 Å². The average molecular weight is 291 g/mol. The van der Waals surface area contributed by atoms with Crippen molar-refractivity contribution in [3.8, 4) is 0 Å². The minimum Gasteiger partial charge on any atom is -0.385 e. The molecule has 0 spiro atoms. The highest BCUT2D eigenvalue weighted by molar-refractivity contribution is 5.79. The molecule has 4 nitrogen and oxygen atoms in total. The first-order valence-corrected chi connectivity index (χ1v) is 7.92. The van der Waals surface area contributed by atoms with Gasteiger partial charge in [-0.05, 0) is 38.2 Å². The molecule has 0 fully saturated rings. The van der Waals surface area contributed by atoms with E-state index < -0.39 is 0 Å². The van der Waals surface area contributed by atoms with Crippen molar-refractivity contribution >= 4 is 5.96 Å². The van der Waals surface area contributed by atoms with Gasteiger partial charge >= 0.3 is 0 Å². The van der Waals surface area contributed by atoms with Crippen molar-refractivity contribution in [2.24, 2.45) is 4.99 Å². The van der Waals surface area contributed by atoms with Crippen LogP contribution in [0.4, 0.5) is 0 Å². The summed E-state index contributed by atoms with van der Waals surface area (Å²) in [4.78, 5) is 4.60. The van der Waals surface area contributed by atoms with Gasteiger partial charge in [0, 0.05) is 33.4 Å².